The van der Waals surface area contributed by atoms with Gasteiger partial charge in [-0.2, -0.15) is 0 Å². The van der Waals surface area contributed by atoms with Crippen LogP contribution in [0, 0.1) is 0 Å². The summed E-state index contributed by atoms with van der Waals surface area (Å²) in [6, 6.07) is 11.1. The molecule has 0 aliphatic rings. The Bertz CT molecular complexity index is 801. The number of benzene rings is 2. The highest BCUT2D eigenvalue weighted by molar-refractivity contribution is 7.98. The van der Waals surface area contributed by atoms with E-state index in [0.29, 0.717) is 22.8 Å². The smallest absolute Gasteiger partial charge is 0.193 e. The first-order chi connectivity index (χ1) is 13.6. The van der Waals surface area contributed by atoms with E-state index in [2.05, 4.69) is 0 Å². The minimum Gasteiger partial charge on any atom is -0.496 e. The van der Waals surface area contributed by atoms with E-state index in [4.69, 9.17) is 23.7 Å². The third-order valence-corrected chi connectivity index (χ3v) is 4.47. The van der Waals surface area contributed by atoms with E-state index in [-0.39, 0.29) is 19.4 Å². The maximum atomic E-state index is 12.9. The van der Waals surface area contributed by atoms with Crippen molar-refractivity contribution in [2.24, 2.45) is 0 Å². The average molecular weight is 404 g/mol. The van der Waals surface area contributed by atoms with Crippen LogP contribution in [0.2, 0.25) is 0 Å². The zero-order valence-electron chi connectivity index (χ0n) is 16.4. The Morgan fingerprint density at radius 3 is 2.21 bits per heavy atom. The summed E-state index contributed by atoms with van der Waals surface area (Å²) in [5.41, 5.74) is 1.21. The lowest BCUT2D eigenvalue weighted by Gasteiger charge is -2.15. The quantitative estimate of drug-likeness (QED) is 0.240. The van der Waals surface area contributed by atoms with E-state index >= 15 is 0 Å². The van der Waals surface area contributed by atoms with Crippen molar-refractivity contribution in [3.63, 3.8) is 0 Å². The van der Waals surface area contributed by atoms with Gasteiger partial charge in [0.1, 0.15) is 22.8 Å². The molecule has 7 heteroatoms. The number of ketones is 1. The van der Waals surface area contributed by atoms with E-state index in [1.165, 1.54) is 27.4 Å². The average Bonchev–Trinajstić information content (AvgIpc) is 2.74. The van der Waals surface area contributed by atoms with Crippen LogP contribution in [0.1, 0.15) is 15.9 Å². The van der Waals surface area contributed by atoms with Crippen LogP contribution in [-0.2, 0) is 9.47 Å². The number of carbonyl (C=O) groups excluding carboxylic acids is 1. The predicted octanol–water partition coefficient (Wildman–Crippen LogP) is 4.28. The van der Waals surface area contributed by atoms with Crippen molar-refractivity contribution in [1.29, 1.82) is 0 Å². The summed E-state index contributed by atoms with van der Waals surface area (Å²) in [4.78, 5) is 14.0. The van der Waals surface area contributed by atoms with E-state index < -0.39 is 0 Å². The van der Waals surface area contributed by atoms with Crippen molar-refractivity contribution in [2.75, 3.05) is 41.2 Å². The molecule has 0 unspecified atom stereocenters. The fraction of sp³-hybridized carbons (Fsp3) is 0.286. The zero-order chi connectivity index (χ0) is 20.4. The molecule has 0 aromatic heterocycles. The summed E-state index contributed by atoms with van der Waals surface area (Å²) in [5.74, 6) is 0.847. The zero-order valence-corrected chi connectivity index (χ0v) is 17.2. The molecule has 0 spiro atoms. The van der Waals surface area contributed by atoms with Crippen LogP contribution in [0.25, 0.3) is 6.08 Å². The number of carbonyl (C=O) groups is 1. The molecule has 0 saturated heterocycles. The maximum Gasteiger partial charge on any atom is 0.193 e. The third-order valence-electron chi connectivity index (χ3n) is 3.72. The van der Waals surface area contributed by atoms with E-state index in [1.54, 1.807) is 30.0 Å². The highest BCUT2D eigenvalue weighted by atomic mass is 32.2. The maximum absolute atomic E-state index is 12.9. The number of methoxy groups -OCH3 is 3. The highest BCUT2D eigenvalue weighted by Crippen LogP contribution is 2.35. The minimum absolute atomic E-state index is 0.0168. The van der Waals surface area contributed by atoms with Crippen LogP contribution >= 0.6 is 11.8 Å². The SMILES string of the molecule is COCOc1cc(OC)c(C(=O)/C=C/c2ccc(SC)cc2)c(OCOC)c1. The number of thioether (sulfide) groups is 1. The fourth-order valence-electron chi connectivity index (χ4n) is 2.39. The number of hydrogen-bond donors (Lipinski definition) is 0. The topological polar surface area (TPSA) is 63.2 Å². The van der Waals surface area contributed by atoms with Crippen molar-refractivity contribution in [1.82, 2.24) is 0 Å². The number of allylic oxidation sites excluding steroid dienone is 1. The molecule has 150 valence electrons. The lowest BCUT2D eigenvalue weighted by atomic mass is 10.1. The monoisotopic (exact) mass is 404 g/mol. The van der Waals surface area contributed by atoms with Crippen molar-refractivity contribution >= 4 is 23.6 Å². The second-order valence-corrected chi connectivity index (χ2v) is 6.45. The Hall–Kier alpha value is -2.48. The molecule has 0 aliphatic heterocycles. The van der Waals surface area contributed by atoms with Crippen LogP contribution < -0.4 is 14.2 Å². The Morgan fingerprint density at radius 1 is 0.964 bits per heavy atom. The molecule has 0 amide bonds. The molecule has 0 bridgehead atoms. The molecule has 2 aromatic carbocycles. The van der Waals surface area contributed by atoms with Gasteiger partial charge in [-0.05, 0) is 30.0 Å². The van der Waals surface area contributed by atoms with Gasteiger partial charge >= 0.3 is 0 Å². The molecular formula is C21H24O6S. The van der Waals surface area contributed by atoms with Crippen LogP contribution in [-0.4, -0.2) is 47.0 Å². The fourth-order valence-corrected chi connectivity index (χ4v) is 2.79. The molecule has 28 heavy (non-hydrogen) atoms. The van der Waals surface area contributed by atoms with Gasteiger partial charge in [-0.15, -0.1) is 11.8 Å². The first-order valence-electron chi connectivity index (χ1n) is 8.45. The Labute approximate surface area is 169 Å². The summed E-state index contributed by atoms with van der Waals surface area (Å²) in [5, 5.41) is 0. The summed E-state index contributed by atoms with van der Waals surface area (Å²) in [7, 11) is 4.51. The van der Waals surface area contributed by atoms with Gasteiger partial charge < -0.3 is 23.7 Å². The summed E-state index contributed by atoms with van der Waals surface area (Å²) >= 11 is 1.66. The van der Waals surface area contributed by atoms with Crippen molar-refractivity contribution < 1.29 is 28.5 Å². The van der Waals surface area contributed by atoms with Crippen LogP contribution in [0.3, 0.4) is 0 Å². The molecule has 0 heterocycles. The van der Waals surface area contributed by atoms with Gasteiger partial charge in [-0.25, -0.2) is 0 Å². The van der Waals surface area contributed by atoms with Gasteiger partial charge in [0.05, 0.1) is 7.11 Å². The van der Waals surface area contributed by atoms with Gasteiger partial charge in [-0.1, -0.05) is 18.2 Å². The van der Waals surface area contributed by atoms with Crippen LogP contribution in [0.5, 0.6) is 17.2 Å². The lowest BCUT2D eigenvalue weighted by molar-refractivity contribution is 0.0453. The highest BCUT2D eigenvalue weighted by Gasteiger charge is 2.19. The van der Waals surface area contributed by atoms with Crippen molar-refractivity contribution in [3.8, 4) is 17.2 Å². The van der Waals surface area contributed by atoms with Gasteiger partial charge in [0.2, 0.25) is 0 Å². The number of ether oxygens (including phenoxy) is 5. The molecule has 6 nitrogen and oxygen atoms in total. The Kier molecular flexibility index (Phi) is 8.87. The Morgan fingerprint density at radius 2 is 1.61 bits per heavy atom. The normalized spacial score (nSPS) is 10.9. The van der Waals surface area contributed by atoms with E-state index in [1.807, 2.05) is 30.5 Å². The molecule has 2 rings (SSSR count). The van der Waals surface area contributed by atoms with E-state index in [9.17, 15) is 4.79 Å². The Balaban J connectivity index is 2.33. The minimum atomic E-state index is -0.254. The first-order valence-corrected chi connectivity index (χ1v) is 9.67. The molecule has 0 atom stereocenters. The molecule has 0 radical (unpaired) electrons. The molecular weight excluding hydrogens is 380 g/mol. The second-order valence-electron chi connectivity index (χ2n) is 5.57. The van der Waals surface area contributed by atoms with Crippen molar-refractivity contribution in [2.45, 2.75) is 4.90 Å². The molecule has 0 fully saturated rings. The van der Waals surface area contributed by atoms with Crippen molar-refractivity contribution in [3.05, 3.63) is 53.6 Å². The predicted molar refractivity (Wildman–Crippen MR) is 110 cm³/mol. The van der Waals surface area contributed by atoms with Gasteiger partial charge in [0.25, 0.3) is 0 Å². The van der Waals surface area contributed by atoms with E-state index in [0.717, 1.165) is 10.5 Å². The lowest BCUT2D eigenvalue weighted by Crippen LogP contribution is -2.08. The summed E-state index contributed by atoms with van der Waals surface area (Å²) < 4.78 is 26.3. The summed E-state index contributed by atoms with van der Waals surface area (Å²) in [6.07, 6.45) is 5.25. The van der Waals surface area contributed by atoms with Gasteiger partial charge in [0.15, 0.2) is 19.4 Å². The number of rotatable bonds is 11. The third kappa shape index (κ3) is 6.02. The first kappa shape index (κ1) is 21.8. The van der Waals surface area contributed by atoms with Gasteiger partial charge in [0, 0.05) is 31.2 Å². The molecule has 0 N–H and O–H groups in total. The standard InChI is InChI=1S/C21H24O6S/c1-23-13-26-16-11-19(25-3)21(20(12-16)27-14-24-2)18(22)10-7-15-5-8-17(28-4)9-6-15/h5-12H,13-14H2,1-4H3/b10-7+. The largest absolute Gasteiger partial charge is 0.496 e. The summed E-state index contributed by atoms with van der Waals surface area (Å²) in [6.45, 7) is 0.0448. The molecule has 0 saturated carbocycles. The number of hydrogen-bond acceptors (Lipinski definition) is 7. The molecule has 2 aromatic rings. The molecule has 0 aliphatic carbocycles. The second kappa shape index (κ2) is 11.4. The van der Waals surface area contributed by atoms with Crippen LogP contribution in [0.15, 0.2) is 47.4 Å². The van der Waals surface area contributed by atoms with Crippen LogP contribution in [0.4, 0.5) is 0 Å². The van der Waals surface area contributed by atoms with Gasteiger partial charge in [-0.3, -0.25) is 4.79 Å².